The molecule has 0 unspecified atom stereocenters. The first-order chi connectivity index (χ1) is 16.5. The highest BCUT2D eigenvalue weighted by molar-refractivity contribution is 7.99. The van der Waals surface area contributed by atoms with Crippen LogP contribution in [0, 0.1) is 20.8 Å². The van der Waals surface area contributed by atoms with Crippen LogP contribution in [0.5, 0.6) is 0 Å². The molecule has 1 fully saturated rings. The second kappa shape index (κ2) is 12.2. The number of hydrogen-bond acceptors (Lipinski definition) is 6. The monoisotopic (exact) mass is 497 g/mol. The van der Waals surface area contributed by atoms with Gasteiger partial charge in [-0.1, -0.05) is 29.0 Å². The van der Waals surface area contributed by atoms with Gasteiger partial charge in [0.05, 0.1) is 23.4 Å². The molecule has 7 heteroatoms. The zero-order chi connectivity index (χ0) is 23.9. The highest BCUT2D eigenvalue weighted by atomic mass is 32.2. The normalized spacial score (nSPS) is 14.6. The molecule has 1 saturated heterocycles. The number of hydrogen-bond donors (Lipinski definition) is 0. The SMILES string of the molecule is Cc1ccc(SCCCC(=O)N(CCCN2CCOCC2)c2nc3cc(C)c(C)cc3s2)cc1. The first-order valence-corrected chi connectivity index (χ1v) is 14.0. The Kier molecular flexibility index (Phi) is 9.00. The molecule has 1 amide bonds. The molecule has 0 radical (unpaired) electrons. The first-order valence-electron chi connectivity index (χ1n) is 12.2. The lowest BCUT2D eigenvalue weighted by Crippen LogP contribution is -2.39. The molecule has 0 aliphatic carbocycles. The Morgan fingerprint density at radius 1 is 1.09 bits per heavy atom. The molecule has 3 aromatic rings. The number of nitrogens with zero attached hydrogens (tertiary/aromatic N) is 3. The molecule has 0 N–H and O–H groups in total. The third-order valence-electron chi connectivity index (χ3n) is 6.31. The summed E-state index contributed by atoms with van der Waals surface area (Å²) in [6, 6.07) is 12.9. The maximum absolute atomic E-state index is 13.3. The average Bonchev–Trinajstić information content (AvgIpc) is 3.23. The number of amides is 1. The van der Waals surface area contributed by atoms with Crippen LogP contribution in [0.2, 0.25) is 0 Å². The molecule has 34 heavy (non-hydrogen) atoms. The number of fused-ring (bicyclic) bond motifs is 1. The van der Waals surface area contributed by atoms with Crippen molar-refractivity contribution in [2.75, 3.05) is 50.0 Å². The Hall–Kier alpha value is -1.93. The molecule has 2 heterocycles. The summed E-state index contributed by atoms with van der Waals surface area (Å²) in [4.78, 5) is 23.8. The molecule has 4 rings (SSSR count). The number of ether oxygens (including phenoxy) is 1. The summed E-state index contributed by atoms with van der Waals surface area (Å²) in [7, 11) is 0. The molecule has 1 aliphatic rings. The van der Waals surface area contributed by atoms with E-state index in [0.29, 0.717) is 13.0 Å². The Balaban J connectivity index is 1.39. The van der Waals surface area contributed by atoms with Crippen LogP contribution in [0.25, 0.3) is 10.2 Å². The molecule has 0 spiro atoms. The number of rotatable bonds is 10. The zero-order valence-corrected chi connectivity index (χ0v) is 22.1. The van der Waals surface area contributed by atoms with Gasteiger partial charge in [-0.2, -0.15) is 0 Å². The van der Waals surface area contributed by atoms with E-state index < -0.39 is 0 Å². The predicted octanol–water partition coefficient (Wildman–Crippen LogP) is 5.85. The fourth-order valence-corrected chi connectivity index (χ4v) is 6.01. The van der Waals surface area contributed by atoms with Crippen molar-refractivity contribution in [1.82, 2.24) is 9.88 Å². The number of morpholine rings is 1. The van der Waals surface area contributed by atoms with Crippen LogP contribution in [0.4, 0.5) is 5.13 Å². The van der Waals surface area contributed by atoms with Crippen LogP contribution >= 0.6 is 23.1 Å². The van der Waals surface area contributed by atoms with E-state index in [2.05, 4.69) is 62.1 Å². The van der Waals surface area contributed by atoms with Gasteiger partial charge in [-0.3, -0.25) is 14.6 Å². The molecule has 5 nitrogen and oxygen atoms in total. The summed E-state index contributed by atoms with van der Waals surface area (Å²) in [5.41, 5.74) is 4.76. The van der Waals surface area contributed by atoms with E-state index in [4.69, 9.17) is 9.72 Å². The van der Waals surface area contributed by atoms with Gasteiger partial charge in [-0.15, -0.1) is 11.8 Å². The molecule has 2 aromatic carbocycles. The fraction of sp³-hybridized carbons (Fsp3) is 0.481. The van der Waals surface area contributed by atoms with Gasteiger partial charge in [0.2, 0.25) is 5.91 Å². The Morgan fingerprint density at radius 2 is 1.82 bits per heavy atom. The maximum atomic E-state index is 13.3. The lowest BCUT2D eigenvalue weighted by Gasteiger charge is -2.27. The van der Waals surface area contributed by atoms with E-state index in [-0.39, 0.29) is 5.91 Å². The highest BCUT2D eigenvalue weighted by Crippen LogP contribution is 2.31. The van der Waals surface area contributed by atoms with Crippen molar-refractivity contribution in [3.8, 4) is 0 Å². The quantitative estimate of drug-likeness (QED) is 0.260. The van der Waals surface area contributed by atoms with Gasteiger partial charge in [0.25, 0.3) is 0 Å². The maximum Gasteiger partial charge on any atom is 0.228 e. The number of anilines is 1. The summed E-state index contributed by atoms with van der Waals surface area (Å²) in [5, 5.41) is 0.832. The molecule has 0 atom stereocenters. The Morgan fingerprint density at radius 3 is 2.59 bits per heavy atom. The van der Waals surface area contributed by atoms with Gasteiger partial charge < -0.3 is 4.74 Å². The second-order valence-corrected chi connectivity index (χ2v) is 11.2. The van der Waals surface area contributed by atoms with E-state index >= 15 is 0 Å². The number of thiazole rings is 1. The zero-order valence-electron chi connectivity index (χ0n) is 20.5. The largest absolute Gasteiger partial charge is 0.379 e. The van der Waals surface area contributed by atoms with E-state index in [1.165, 1.54) is 21.6 Å². The van der Waals surface area contributed by atoms with Gasteiger partial charge in [0.15, 0.2) is 5.13 Å². The van der Waals surface area contributed by atoms with Gasteiger partial charge in [-0.05, 0) is 74.8 Å². The van der Waals surface area contributed by atoms with Crippen molar-refractivity contribution >= 4 is 44.4 Å². The van der Waals surface area contributed by atoms with Gasteiger partial charge in [0.1, 0.15) is 0 Å². The van der Waals surface area contributed by atoms with Crippen molar-refractivity contribution in [1.29, 1.82) is 0 Å². The summed E-state index contributed by atoms with van der Waals surface area (Å²) in [5.74, 6) is 1.12. The number of aryl methyl sites for hydroxylation is 3. The van der Waals surface area contributed by atoms with E-state index in [9.17, 15) is 4.79 Å². The summed E-state index contributed by atoms with van der Waals surface area (Å²) in [6.07, 6.45) is 2.35. The topological polar surface area (TPSA) is 45.7 Å². The minimum Gasteiger partial charge on any atom is -0.379 e. The van der Waals surface area contributed by atoms with Crippen LogP contribution in [0.15, 0.2) is 41.3 Å². The van der Waals surface area contributed by atoms with Crippen LogP contribution in [-0.4, -0.2) is 60.9 Å². The standard InChI is InChI=1S/C27H35N3O2S2/c1-20-7-9-23(10-8-20)33-17-4-6-26(31)30(12-5-11-29-13-15-32-16-14-29)27-28-24-18-21(2)22(3)19-25(24)34-27/h7-10,18-19H,4-6,11-17H2,1-3H3. The number of carbonyl (C=O) groups is 1. The molecule has 182 valence electrons. The molecular formula is C27H35N3O2S2. The molecule has 0 bridgehead atoms. The lowest BCUT2D eigenvalue weighted by molar-refractivity contribution is -0.118. The van der Waals surface area contributed by atoms with Crippen LogP contribution in [-0.2, 0) is 9.53 Å². The van der Waals surface area contributed by atoms with E-state index in [1.807, 2.05) is 16.7 Å². The lowest BCUT2D eigenvalue weighted by atomic mass is 10.1. The highest BCUT2D eigenvalue weighted by Gasteiger charge is 2.20. The van der Waals surface area contributed by atoms with Gasteiger partial charge in [-0.25, -0.2) is 4.98 Å². The molecule has 1 aliphatic heterocycles. The minimum atomic E-state index is 0.180. The summed E-state index contributed by atoms with van der Waals surface area (Å²) in [6.45, 7) is 11.6. The predicted molar refractivity (Wildman–Crippen MR) is 144 cm³/mol. The molecule has 0 saturated carbocycles. The molecule has 1 aromatic heterocycles. The third kappa shape index (κ3) is 6.81. The van der Waals surface area contributed by atoms with Gasteiger partial charge in [0, 0.05) is 37.5 Å². The van der Waals surface area contributed by atoms with Gasteiger partial charge >= 0.3 is 0 Å². The minimum absolute atomic E-state index is 0.180. The van der Waals surface area contributed by atoms with E-state index in [0.717, 1.165) is 66.8 Å². The van der Waals surface area contributed by atoms with Crippen LogP contribution in [0.1, 0.15) is 36.0 Å². The fourth-order valence-electron chi connectivity index (χ4n) is 4.07. The number of benzene rings is 2. The summed E-state index contributed by atoms with van der Waals surface area (Å²) < 4.78 is 6.62. The summed E-state index contributed by atoms with van der Waals surface area (Å²) >= 11 is 3.46. The smallest absolute Gasteiger partial charge is 0.228 e. The second-order valence-electron chi connectivity index (χ2n) is 9.02. The van der Waals surface area contributed by atoms with Crippen LogP contribution in [0.3, 0.4) is 0 Å². The average molecular weight is 498 g/mol. The Labute approximate surface area is 211 Å². The number of carbonyl (C=O) groups excluding carboxylic acids is 1. The number of thioether (sulfide) groups is 1. The molecular weight excluding hydrogens is 462 g/mol. The van der Waals surface area contributed by atoms with Crippen molar-refractivity contribution < 1.29 is 9.53 Å². The van der Waals surface area contributed by atoms with Crippen molar-refractivity contribution in [3.63, 3.8) is 0 Å². The van der Waals surface area contributed by atoms with Crippen LogP contribution < -0.4 is 4.90 Å². The Bertz CT molecular complexity index is 1050. The van der Waals surface area contributed by atoms with Crippen molar-refractivity contribution in [2.24, 2.45) is 0 Å². The third-order valence-corrected chi connectivity index (χ3v) is 8.45. The van der Waals surface area contributed by atoms with E-state index in [1.54, 1.807) is 11.3 Å². The number of aromatic nitrogens is 1. The van der Waals surface area contributed by atoms with Crippen molar-refractivity contribution in [2.45, 2.75) is 44.9 Å². The first kappa shape index (κ1) is 25.2. The van der Waals surface area contributed by atoms with Crippen molar-refractivity contribution in [3.05, 3.63) is 53.1 Å².